The van der Waals surface area contributed by atoms with Crippen molar-refractivity contribution >= 4 is 39.8 Å². The van der Waals surface area contributed by atoms with Gasteiger partial charge >= 0.3 is 0 Å². The molecule has 1 rings (SSSR count). The van der Waals surface area contributed by atoms with Crippen molar-refractivity contribution in [2.45, 2.75) is 13.0 Å². The fourth-order valence-electron chi connectivity index (χ4n) is 1.90. The highest BCUT2D eigenvalue weighted by molar-refractivity contribution is 14.0. The SMILES string of the molecule is CN=C(NCCCS(C)(=O)=O)N(C)Cc1cccn1C.I. The van der Waals surface area contributed by atoms with E-state index in [0.29, 0.717) is 13.0 Å². The maximum absolute atomic E-state index is 11.1. The molecule has 0 unspecified atom stereocenters. The molecule has 0 aromatic carbocycles. The second-order valence-electron chi connectivity index (χ2n) is 4.92. The van der Waals surface area contributed by atoms with Crippen LogP contribution in [0.1, 0.15) is 12.1 Å². The molecule has 1 heterocycles. The predicted molar refractivity (Wildman–Crippen MR) is 98.0 cm³/mol. The molecule has 8 heteroatoms. The molecule has 122 valence electrons. The normalized spacial score (nSPS) is 11.9. The lowest BCUT2D eigenvalue weighted by Gasteiger charge is -2.22. The summed E-state index contributed by atoms with van der Waals surface area (Å²) in [7, 11) is 2.79. The number of halogens is 1. The highest BCUT2D eigenvalue weighted by Crippen LogP contribution is 2.03. The Morgan fingerprint density at radius 3 is 2.62 bits per heavy atom. The molecule has 1 N–H and O–H groups in total. The number of rotatable bonds is 6. The summed E-state index contributed by atoms with van der Waals surface area (Å²) in [6.07, 6.45) is 3.84. The fraction of sp³-hybridized carbons (Fsp3) is 0.615. The first-order valence-corrected chi connectivity index (χ1v) is 8.59. The van der Waals surface area contributed by atoms with Gasteiger partial charge in [0, 0.05) is 45.8 Å². The van der Waals surface area contributed by atoms with Gasteiger partial charge in [-0.05, 0) is 18.6 Å². The molecule has 0 saturated carbocycles. The number of sulfone groups is 1. The van der Waals surface area contributed by atoms with Gasteiger partial charge in [0.15, 0.2) is 5.96 Å². The highest BCUT2D eigenvalue weighted by atomic mass is 127. The van der Waals surface area contributed by atoms with E-state index in [1.807, 2.05) is 31.3 Å². The maximum Gasteiger partial charge on any atom is 0.193 e. The van der Waals surface area contributed by atoms with Crippen LogP contribution >= 0.6 is 24.0 Å². The molecule has 6 nitrogen and oxygen atoms in total. The predicted octanol–water partition coefficient (Wildman–Crippen LogP) is 1.09. The van der Waals surface area contributed by atoms with Gasteiger partial charge in [0.2, 0.25) is 0 Å². The van der Waals surface area contributed by atoms with Crippen molar-refractivity contribution in [1.29, 1.82) is 0 Å². The first-order valence-electron chi connectivity index (χ1n) is 6.53. The molecule has 1 aromatic rings. The van der Waals surface area contributed by atoms with E-state index >= 15 is 0 Å². The summed E-state index contributed by atoms with van der Waals surface area (Å²) in [6, 6.07) is 4.07. The van der Waals surface area contributed by atoms with Crippen LogP contribution in [0.5, 0.6) is 0 Å². The largest absolute Gasteiger partial charge is 0.356 e. The zero-order valence-electron chi connectivity index (χ0n) is 13.0. The van der Waals surface area contributed by atoms with Crippen molar-refractivity contribution < 1.29 is 8.42 Å². The minimum atomic E-state index is -2.89. The van der Waals surface area contributed by atoms with Gasteiger partial charge in [-0.1, -0.05) is 0 Å². The first kappa shape index (κ1) is 20.2. The number of nitrogens with zero attached hydrogens (tertiary/aromatic N) is 3. The summed E-state index contributed by atoms with van der Waals surface area (Å²) in [5.74, 6) is 0.957. The van der Waals surface area contributed by atoms with E-state index in [-0.39, 0.29) is 29.7 Å². The molecule has 0 aliphatic heterocycles. The summed E-state index contributed by atoms with van der Waals surface area (Å²) in [6.45, 7) is 1.34. The van der Waals surface area contributed by atoms with E-state index in [1.54, 1.807) is 7.05 Å². The standard InChI is InChI=1S/C13H24N4O2S.HI/c1-14-13(15-8-6-10-20(4,18)19)17(3)11-12-7-5-9-16(12)2;/h5,7,9H,6,8,10-11H2,1-4H3,(H,14,15);1H. The zero-order valence-corrected chi connectivity index (χ0v) is 16.2. The molecular weight excluding hydrogens is 403 g/mol. The number of aliphatic imine (C=N–C) groups is 1. The third-order valence-corrected chi connectivity index (χ3v) is 4.03. The number of nitrogens with one attached hydrogen (secondary N) is 1. The van der Waals surface area contributed by atoms with Crippen LogP contribution in [-0.4, -0.2) is 56.5 Å². The van der Waals surface area contributed by atoms with E-state index in [1.165, 1.54) is 11.9 Å². The molecule has 0 radical (unpaired) electrons. The lowest BCUT2D eigenvalue weighted by molar-refractivity contribution is 0.462. The Morgan fingerprint density at radius 1 is 1.48 bits per heavy atom. The highest BCUT2D eigenvalue weighted by Gasteiger charge is 2.08. The van der Waals surface area contributed by atoms with Crippen LogP contribution in [0.3, 0.4) is 0 Å². The Bertz CT molecular complexity index is 554. The molecular formula is C13H25IN4O2S. The molecule has 0 amide bonds. The summed E-state index contributed by atoms with van der Waals surface area (Å²) >= 11 is 0. The van der Waals surface area contributed by atoms with E-state index in [2.05, 4.69) is 20.9 Å². The number of hydrogen-bond acceptors (Lipinski definition) is 3. The molecule has 0 aliphatic rings. The average molecular weight is 428 g/mol. The van der Waals surface area contributed by atoms with Gasteiger partial charge in [-0.2, -0.15) is 0 Å². The Labute approximate surface area is 144 Å². The van der Waals surface area contributed by atoms with E-state index in [0.717, 1.165) is 12.5 Å². The number of aromatic nitrogens is 1. The van der Waals surface area contributed by atoms with Gasteiger partial charge in [-0.25, -0.2) is 8.42 Å². The zero-order chi connectivity index (χ0) is 15.2. The Hall–Kier alpha value is -0.770. The van der Waals surface area contributed by atoms with Gasteiger partial charge in [-0.3, -0.25) is 4.99 Å². The van der Waals surface area contributed by atoms with Crippen molar-refractivity contribution in [2.24, 2.45) is 12.0 Å². The number of hydrogen-bond donors (Lipinski definition) is 1. The summed E-state index contributed by atoms with van der Waals surface area (Å²) in [4.78, 5) is 6.21. The Kier molecular flexibility index (Phi) is 8.95. The van der Waals surface area contributed by atoms with E-state index in [4.69, 9.17) is 0 Å². The van der Waals surface area contributed by atoms with Gasteiger partial charge < -0.3 is 14.8 Å². The van der Waals surface area contributed by atoms with Gasteiger partial charge in [0.1, 0.15) is 9.84 Å². The third kappa shape index (κ3) is 7.70. The molecule has 0 bridgehead atoms. The Morgan fingerprint density at radius 2 is 2.14 bits per heavy atom. The topological polar surface area (TPSA) is 66.7 Å². The second-order valence-corrected chi connectivity index (χ2v) is 7.18. The lowest BCUT2D eigenvalue weighted by atomic mass is 10.4. The number of aryl methyl sites for hydroxylation is 1. The molecule has 0 saturated heterocycles. The average Bonchev–Trinajstić information content (AvgIpc) is 2.73. The van der Waals surface area contributed by atoms with Crippen LogP contribution in [0.2, 0.25) is 0 Å². The molecule has 1 aromatic heterocycles. The summed E-state index contributed by atoms with van der Waals surface area (Å²) < 4.78 is 24.2. The molecule has 21 heavy (non-hydrogen) atoms. The lowest BCUT2D eigenvalue weighted by Crippen LogP contribution is -2.39. The van der Waals surface area contributed by atoms with Crippen molar-refractivity contribution in [3.05, 3.63) is 24.0 Å². The van der Waals surface area contributed by atoms with Crippen LogP contribution in [0, 0.1) is 0 Å². The fourth-order valence-corrected chi connectivity index (χ4v) is 2.57. The van der Waals surface area contributed by atoms with Crippen molar-refractivity contribution in [1.82, 2.24) is 14.8 Å². The van der Waals surface area contributed by atoms with Crippen LogP contribution < -0.4 is 5.32 Å². The molecule has 0 aliphatic carbocycles. The van der Waals surface area contributed by atoms with Crippen LogP contribution in [-0.2, 0) is 23.4 Å². The van der Waals surface area contributed by atoms with E-state index < -0.39 is 9.84 Å². The first-order chi connectivity index (χ1) is 9.33. The van der Waals surface area contributed by atoms with Crippen LogP contribution in [0.4, 0.5) is 0 Å². The third-order valence-electron chi connectivity index (χ3n) is 3.00. The van der Waals surface area contributed by atoms with Crippen LogP contribution in [0.25, 0.3) is 0 Å². The smallest absolute Gasteiger partial charge is 0.193 e. The van der Waals surface area contributed by atoms with Crippen LogP contribution in [0.15, 0.2) is 23.3 Å². The maximum atomic E-state index is 11.1. The van der Waals surface area contributed by atoms with Gasteiger partial charge in [0.05, 0.1) is 12.3 Å². The van der Waals surface area contributed by atoms with Gasteiger partial charge in [-0.15, -0.1) is 24.0 Å². The number of guanidine groups is 1. The Balaban J connectivity index is 0.00000400. The minimum Gasteiger partial charge on any atom is -0.356 e. The van der Waals surface area contributed by atoms with Crippen molar-refractivity contribution in [3.8, 4) is 0 Å². The summed E-state index contributed by atoms with van der Waals surface area (Å²) in [5.41, 5.74) is 1.19. The quantitative estimate of drug-likeness (QED) is 0.319. The van der Waals surface area contributed by atoms with Crippen molar-refractivity contribution in [3.63, 3.8) is 0 Å². The second kappa shape index (κ2) is 9.29. The van der Waals surface area contributed by atoms with Gasteiger partial charge in [0.25, 0.3) is 0 Å². The molecule has 0 spiro atoms. The minimum absolute atomic E-state index is 0. The van der Waals surface area contributed by atoms with Crippen molar-refractivity contribution in [2.75, 3.05) is 32.6 Å². The van der Waals surface area contributed by atoms with E-state index in [9.17, 15) is 8.42 Å². The molecule has 0 fully saturated rings. The summed E-state index contributed by atoms with van der Waals surface area (Å²) in [5, 5.41) is 3.18. The molecule has 0 atom stereocenters. The monoisotopic (exact) mass is 428 g/mol.